The Kier molecular flexibility index (Phi) is 4.26. The van der Waals surface area contributed by atoms with Crippen molar-refractivity contribution in [3.8, 4) is 0 Å². The number of piperidine rings is 1. The first-order valence-electron chi connectivity index (χ1n) is 8.31. The summed E-state index contributed by atoms with van der Waals surface area (Å²) in [4.78, 5) is 23.5. The highest BCUT2D eigenvalue weighted by Crippen LogP contribution is 2.26. The topological polar surface area (TPSA) is 46.1 Å². The van der Waals surface area contributed by atoms with Crippen LogP contribution in [-0.2, 0) is 6.42 Å². The second kappa shape index (κ2) is 6.69. The molecule has 0 aliphatic carbocycles. The highest BCUT2D eigenvalue weighted by molar-refractivity contribution is 7.11. The molecule has 1 aliphatic rings. The van der Waals surface area contributed by atoms with E-state index in [1.807, 2.05) is 17.2 Å². The van der Waals surface area contributed by atoms with Gasteiger partial charge >= 0.3 is 0 Å². The maximum Gasteiger partial charge on any atom is 0.265 e. The van der Waals surface area contributed by atoms with E-state index in [4.69, 9.17) is 0 Å². The van der Waals surface area contributed by atoms with E-state index >= 15 is 0 Å². The molecule has 0 spiro atoms. The van der Waals surface area contributed by atoms with Gasteiger partial charge in [-0.1, -0.05) is 18.2 Å². The average molecular weight is 337 g/mol. The van der Waals surface area contributed by atoms with Crippen molar-refractivity contribution in [3.63, 3.8) is 0 Å². The van der Waals surface area contributed by atoms with Gasteiger partial charge in [0.1, 0.15) is 4.88 Å². The Hall–Kier alpha value is -2.27. The number of benzene rings is 1. The first-order chi connectivity index (χ1) is 11.8. The van der Waals surface area contributed by atoms with Gasteiger partial charge in [-0.3, -0.25) is 14.8 Å². The summed E-state index contributed by atoms with van der Waals surface area (Å²) >= 11 is 1.42. The van der Waals surface area contributed by atoms with Crippen LogP contribution in [0.5, 0.6) is 0 Å². The molecule has 0 radical (unpaired) electrons. The average Bonchev–Trinajstić information content (AvgIpc) is 3.17. The highest BCUT2D eigenvalue weighted by Gasteiger charge is 2.24. The third-order valence-electron chi connectivity index (χ3n) is 4.79. The smallest absolute Gasteiger partial charge is 0.265 e. The monoisotopic (exact) mass is 337 g/mol. The van der Waals surface area contributed by atoms with Crippen molar-refractivity contribution in [2.75, 3.05) is 13.1 Å². The van der Waals surface area contributed by atoms with Crippen LogP contribution in [0.1, 0.15) is 28.1 Å². The summed E-state index contributed by atoms with van der Waals surface area (Å²) in [6.07, 6.45) is 6.69. The predicted molar refractivity (Wildman–Crippen MR) is 96.2 cm³/mol. The Morgan fingerprint density at radius 2 is 2.08 bits per heavy atom. The maximum atomic E-state index is 12.4. The molecule has 1 amide bonds. The molecular weight excluding hydrogens is 318 g/mol. The van der Waals surface area contributed by atoms with Gasteiger partial charge in [0.25, 0.3) is 5.91 Å². The summed E-state index contributed by atoms with van der Waals surface area (Å²) in [6.45, 7) is 1.68. The normalized spacial score (nSPS) is 15.8. The standard InChI is InChI=1S/C19H19N3OS/c23-19(18-12-20-13-24-18)22-9-6-14(7-10-22)11-15-3-1-5-17-16(15)4-2-8-21-17/h1-5,8,12-14H,6-7,9-11H2. The van der Waals surface area contributed by atoms with Gasteiger partial charge in [0.2, 0.25) is 0 Å². The molecule has 0 saturated carbocycles. The van der Waals surface area contributed by atoms with Gasteiger partial charge in [0.15, 0.2) is 0 Å². The SMILES string of the molecule is O=C(c1cncs1)N1CCC(Cc2cccc3ncccc23)CC1. The summed E-state index contributed by atoms with van der Waals surface area (Å²) in [5, 5.41) is 1.25. The van der Waals surface area contributed by atoms with Crippen LogP contribution in [0.3, 0.4) is 0 Å². The second-order valence-electron chi connectivity index (χ2n) is 6.29. The number of pyridine rings is 1. The van der Waals surface area contributed by atoms with E-state index in [1.54, 1.807) is 11.7 Å². The van der Waals surface area contributed by atoms with Crippen LogP contribution in [0.25, 0.3) is 10.9 Å². The van der Waals surface area contributed by atoms with Gasteiger partial charge in [-0.2, -0.15) is 0 Å². The molecule has 3 aromatic rings. The maximum absolute atomic E-state index is 12.4. The number of hydrogen-bond acceptors (Lipinski definition) is 4. The number of fused-ring (bicyclic) bond motifs is 1. The number of thiazole rings is 1. The minimum Gasteiger partial charge on any atom is -0.338 e. The van der Waals surface area contributed by atoms with Crippen LogP contribution in [0.4, 0.5) is 0 Å². The number of rotatable bonds is 3. The molecule has 1 aromatic carbocycles. The summed E-state index contributed by atoms with van der Waals surface area (Å²) < 4.78 is 0. The molecule has 3 heterocycles. The zero-order valence-electron chi connectivity index (χ0n) is 13.4. The largest absolute Gasteiger partial charge is 0.338 e. The minimum atomic E-state index is 0.130. The molecule has 0 N–H and O–H groups in total. The number of carbonyl (C=O) groups excluding carboxylic acids is 1. The zero-order chi connectivity index (χ0) is 16.4. The van der Waals surface area contributed by atoms with Gasteiger partial charge in [0, 0.05) is 24.7 Å². The van der Waals surface area contributed by atoms with E-state index in [2.05, 4.69) is 34.2 Å². The summed E-state index contributed by atoms with van der Waals surface area (Å²) in [6, 6.07) is 10.5. The van der Waals surface area contributed by atoms with Crippen molar-refractivity contribution in [1.29, 1.82) is 0 Å². The molecule has 1 saturated heterocycles. The summed E-state index contributed by atoms with van der Waals surface area (Å²) in [5.74, 6) is 0.756. The lowest BCUT2D eigenvalue weighted by atomic mass is 9.89. The zero-order valence-corrected chi connectivity index (χ0v) is 14.2. The molecule has 1 aliphatic heterocycles. The Labute approximate surface area is 145 Å². The van der Waals surface area contributed by atoms with Crippen LogP contribution >= 0.6 is 11.3 Å². The first-order valence-corrected chi connectivity index (χ1v) is 9.19. The van der Waals surface area contributed by atoms with E-state index in [0.29, 0.717) is 5.92 Å². The van der Waals surface area contributed by atoms with Gasteiger partial charge in [-0.25, -0.2) is 0 Å². The molecule has 5 heteroatoms. The number of likely N-dealkylation sites (tertiary alicyclic amines) is 1. The van der Waals surface area contributed by atoms with Crippen LogP contribution in [0.15, 0.2) is 48.2 Å². The molecule has 4 nitrogen and oxygen atoms in total. The van der Waals surface area contributed by atoms with Crippen molar-refractivity contribution in [1.82, 2.24) is 14.9 Å². The van der Waals surface area contributed by atoms with E-state index < -0.39 is 0 Å². The molecule has 24 heavy (non-hydrogen) atoms. The second-order valence-corrected chi connectivity index (χ2v) is 7.18. The lowest BCUT2D eigenvalue weighted by molar-refractivity contribution is 0.0695. The van der Waals surface area contributed by atoms with Crippen molar-refractivity contribution in [2.24, 2.45) is 5.92 Å². The number of nitrogens with zero attached hydrogens (tertiary/aromatic N) is 3. The molecule has 0 atom stereocenters. The van der Waals surface area contributed by atoms with Gasteiger partial charge in [0.05, 0.1) is 17.2 Å². The fraction of sp³-hybridized carbons (Fsp3) is 0.316. The van der Waals surface area contributed by atoms with Gasteiger partial charge < -0.3 is 4.90 Å². The fourth-order valence-electron chi connectivity index (χ4n) is 3.47. The van der Waals surface area contributed by atoms with E-state index in [0.717, 1.165) is 42.7 Å². The Balaban J connectivity index is 1.42. The molecular formula is C19H19N3OS. The Morgan fingerprint density at radius 3 is 2.88 bits per heavy atom. The van der Waals surface area contributed by atoms with Crippen molar-refractivity contribution in [2.45, 2.75) is 19.3 Å². The van der Waals surface area contributed by atoms with E-state index in [-0.39, 0.29) is 5.91 Å². The summed E-state index contributed by atoms with van der Waals surface area (Å²) in [5.41, 5.74) is 4.15. The molecule has 4 rings (SSSR count). The Bertz CT molecular complexity index is 833. The molecule has 1 fully saturated rings. The van der Waals surface area contributed by atoms with Gasteiger partial charge in [-0.15, -0.1) is 11.3 Å². The fourth-order valence-corrected chi connectivity index (χ4v) is 4.06. The summed E-state index contributed by atoms with van der Waals surface area (Å²) in [7, 11) is 0. The Morgan fingerprint density at radius 1 is 1.21 bits per heavy atom. The highest BCUT2D eigenvalue weighted by atomic mass is 32.1. The lowest BCUT2D eigenvalue weighted by Gasteiger charge is -2.32. The van der Waals surface area contributed by atoms with Crippen LogP contribution < -0.4 is 0 Å². The number of carbonyl (C=O) groups is 1. The quantitative estimate of drug-likeness (QED) is 0.730. The third-order valence-corrected chi connectivity index (χ3v) is 5.55. The van der Waals surface area contributed by atoms with Crippen LogP contribution in [0, 0.1) is 5.92 Å². The van der Waals surface area contributed by atoms with E-state index in [1.165, 1.54) is 22.3 Å². The third kappa shape index (κ3) is 3.04. The molecule has 2 aromatic heterocycles. The van der Waals surface area contributed by atoms with Crippen molar-refractivity contribution >= 4 is 28.1 Å². The van der Waals surface area contributed by atoms with Gasteiger partial charge in [-0.05, 0) is 42.9 Å². The van der Waals surface area contributed by atoms with Crippen molar-refractivity contribution in [3.05, 3.63) is 58.7 Å². The molecule has 0 bridgehead atoms. The number of amides is 1. The van der Waals surface area contributed by atoms with E-state index in [9.17, 15) is 4.79 Å². The number of hydrogen-bond donors (Lipinski definition) is 0. The lowest BCUT2D eigenvalue weighted by Crippen LogP contribution is -2.38. The van der Waals surface area contributed by atoms with Crippen molar-refractivity contribution < 1.29 is 4.79 Å². The molecule has 0 unspecified atom stereocenters. The predicted octanol–water partition coefficient (Wildman–Crippen LogP) is 3.79. The minimum absolute atomic E-state index is 0.130. The molecule has 122 valence electrons. The first kappa shape index (κ1) is 15.3. The number of aromatic nitrogens is 2. The van der Waals surface area contributed by atoms with Crippen LogP contribution in [0.2, 0.25) is 0 Å². The van der Waals surface area contributed by atoms with Crippen LogP contribution in [-0.4, -0.2) is 33.9 Å².